The molecule has 2 fully saturated rings. The molecule has 2 atom stereocenters. The molecule has 3 rings (SSSR count). The van der Waals surface area contributed by atoms with Crippen molar-refractivity contribution in [3.63, 3.8) is 0 Å². The van der Waals surface area contributed by atoms with Crippen LogP contribution in [0.5, 0.6) is 0 Å². The Hall–Kier alpha value is -1.66. The Labute approximate surface area is 149 Å². The highest BCUT2D eigenvalue weighted by molar-refractivity contribution is 5.80. The first-order chi connectivity index (χ1) is 12.2. The average molecular weight is 348 g/mol. The Morgan fingerprint density at radius 2 is 2.08 bits per heavy atom. The van der Waals surface area contributed by atoms with Crippen LogP contribution < -0.4 is 5.32 Å². The van der Waals surface area contributed by atoms with E-state index in [1.165, 1.54) is 45.0 Å². The van der Waals surface area contributed by atoms with Gasteiger partial charge in [0, 0.05) is 38.8 Å². The second-order valence-corrected chi connectivity index (χ2v) is 7.07. The van der Waals surface area contributed by atoms with Crippen molar-refractivity contribution < 1.29 is 9.50 Å². The lowest BCUT2D eigenvalue weighted by Crippen LogP contribution is -2.42. The van der Waals surface area contributed by atoms with Gasteiger partial charge in [-0.15, -0.1) is 0 Å². The van der Waals surface area contributed by atoms with Gasteiger partial charge in [-0.1, -0.05) is 18.2 Å². The smallest absolute Gasteiger partial charge is 0.193 e. The van der Waals surface area contributed by atoms with Gasteiger partial charge < -0.3 is 20.2 Å². The van der Waals surface area contributed by atoms with Crippen LogP contribution in [0.15, 0.2) is 29.3 Å². The van der Waals surface area contributed by atoms with E-state index in [0.717, 1.165) is 19.0 Å². The Balaban J connectivity index is 1.49. The maximum atomic E-state index is 13.8. The van der Waals surface area contributed by atoms with Crippen molar-refractivity contribution in [2.24, 2.45) is 10.9 Å². The van der Waals surface area contributed by atoms with Crippen molar-refractivity contribution in [3.05, 3.63) is 35.6 Å². The zero-order valence-corrected chi connectivity index (χ0v) is 15.0. The lowest BCUT2D eigenvalue weighted by molar-refractivity contribution is 0.175. The van der Waals surface area contributed by atoms with E-state index in [4.69, 9.17) is 0 Å². The van der Waals surface area contributed by atoms with Crippen molar-refractivity contribution in [1.82, 2.24) is 15.1 Å². The number of nitrogens with one attached hydrogen (secondary N) is 1. The molecular weight excluding hydrogens is 319 g/mol. The predicted molar refractivity (Wildman–Crippen MR) is 98.1 cm³/mol. The van der Waals surface area contributed by atoms with E-state index in [9.17, 15) is 9.50 Å². The summed E-state index contributed by atoms with van der Waals surface area (Å²) in [6.07, 6.45) is 2.94. The number of aliphatic imine (C=N–C) groups is 1. The molecule has 2 aliphatic rings. The fraction of sp³-hybridized carbons (Fsp3) is 0.632. The largest absolute Gasteiger partial charge is 0.386 e. The van der Waals surface area contributed by atoms with E-state index >= 15 is 0 Å². The first-order valence-electron chi connectivity index (χ1n) is 9.28. The quantitative estimate of drug-likeness (QED) is 0.630. The highest BCUT2D eigenvalue weighted by Crippen LogP contribution is 2.20. The van der Waals surface area contributed by atoms with Crippen LogP contribution in [0, 0.1) is 11.7 Å². The van der Waals surface area contributed by atoms with Crippen molar-refractivity contribution in [3.8, 4) is 0 Å². The van der Waals surface area contributed by atoms with Gasteiger partial charge in [0.25, 0.3) is 0 Å². The van der Waals surface area contributed by atoms with Crippen LogP contribution in [0.1, 0.15) is 30.9 Å². The topological polar surface area (TPSA) is 51.1 Å². The number of benzene rings is 1. The second-order valence-electron chi connectivity index (χ2n) is 7.07. The third-order valence-electron chi connectivity index (χ3n) is 5.23. The summed E-state index contributed by atoms with van der Waals surface area (Å²) in [6.45, 7) is 5.86. The molecule has 2 heterocycles. The van der Waals surface area contributed by atoms with Crippen LogP contribution >= 0.6 is 0 Å². The molecule has 0 aliphatic carbocycles. The molecule has 0 aromatic heterocycles. The molecule has 25 heavy (non-hydrogen) atoms. The van der Waals surface area contributed by atoms with Crippen molar-refractivity contribution in [2.45, 2.75) is 25.4 Å². The monoisotopic (exact) mass is 348 g/mol. The lowest BCUT2D eigenvalue weighted by Gasteiger charge is -2.24. The molecule has 2 saturated heterocycles. The molecule has 0 amide bonds. The molecule has 0 saturated carbocycles. The number of likely N-dealkylation sites (tertiary alicyclic amines) is 2. The van der Waals surface area contributed by atoms with Gasteiger partial charge in [0.2, 0.25) is 0 Å². The van der Waals surface area contributed by atoms with E-state index in [1.807, 2.05) is 0 Å². The van der Waals surface area contributed by atoms with Gasteiger partial charge in [0.15, 0.2) is 5.96 Å². The van der Waals surface area contributed by atoms with Crippen LogP contribution in [0.3, 0.4) is 0 Å². The number of guanidine groups is 1. The summed E-state index contributed by atoms with van der Waals surface area (Å²) in [5.41, 5.74) is 0.318. The van der Waals surface area contributed by atoms with Gasteiger partial charge in [0.05, 0.1) is 6.10 Å². The summed E-state index contributed by atoms with van der Waals surface area (Å²) < 4.78 is 13.8. The summed E-state index contributed by atoms with van der Waals surface area (Å²) in [5, 5.41) is 13.4. The molecule has 0 bridgehead atoms. The molecule has 0 spiro atoms. The van der Waals surface area contributed by atoms with Crippen molar-refractivity contribution in [1.29, 1.82) is 0 Å². The molecule has 0 radical (unpaired) electrons. The van der Waals surface area contributed by atoms with E-state index in [0.29, 0.717) is 11.5 Å². The SMILES string of the molecule is CN=C(NCC(O)c1ccccc1F)N1CCC(CN2CCCC2)C1. The van der Waals surface area contributed by atoms with Gasteiger partial charge in [0.1, 0.15) is 5.82 Å². The Morgan fingerprint density at radius 1 is 1.32 bits per heavy atom. The number of halogens is 1. The highest BCUT2D eigenvalue weighted by atomic mass is 19.1. The molecule has 5 nitrogen and oxygen atoms in total. The number of nitrogens with zero attached hydrogens (tertiary/aromatic N) is 3. The first-order valence-corrected chi connectivity index (χ1v) is 9.28. The minimum absolute atomic E-state index is 0.251. The summed E-state index contributed by atoms with van der Waals surface area (Å²) in [4.78, 5) is 9.14. The van der Waals surface area contributed by atoms with Gasteiger partial charge in [-0.25, -0.2) is 4.39 Å². The van der Waals surface area contributed by atoms with Gasteiger partial charge in [-0.05, 0) is 44.3 Å². The number of aliphatic hydroxyl groups excluding tert-OH is 1. The van der Waals surface area contributed by atoms with Crippen molar-refractivity contribution >= 4 is 5.96 Å². The van der Waals surface area contributed by atoms with Gasteiger partial charge in [-0.2, -0.15) is 0 Å². The van der Waals surface area contributed by atoms with Crippen LogP contribution in [-0.2, 0) is 0 Å². The second kappa shape index (κ2) is 8.63. The third-order valence-corrected chi connectivity index (χ3v) is 5.23. The average Bonchev–Trinajstić information content (AvgIpc) is 3.28. The summed E-state index contributed by atoms with van der Waals surface area (Å²) in [5.74, 6) is 1.09. The van der Waals surface area contributed by atoms with Gasteiger partial charge in [-0.3, -0.25) is 4.99 Å². The van der Waals surface area contributed by atoms with E-state index in [1.54, 1.807) is 25.2 Å². The van der Waals surface area contributed by atoms with Crippen LogP contribution in [0.2, 0.25) is 0 Å². The number of rotatable bonds is 5. The molecule has 2 aliphatic heterocycles. The van der Waals surface area contributed by atoms with Crippen LogP contribution in [0.25, 0.3) is 0 Å². The first kappa shape index (κ1) is 18.1. The predicted octanol–water partition coefficient (Wildman–Crippen LogP) is 1.85. The van der Waals surface area contributed by atoms with Crippen molar-refractivity contribution in [2.75, 3.05) is 46.3 Å². The van der Waals surface area contributed by atoms with E-state index in [-0.39, 0.29) is 12.4 Å². The number of aliphatic hydroxyl groups is 1. The molecule has 138 valence electrons. The minimum Gasteiger partial charge on any atom is -0.386 e. The zero-order chi connectivity index (χ0) is 17.6. The normalized spacial score (nSPS) is 23.2. The number of hydrogen-bond acceptors (Lipinski definition) is 3. The van der Waals surface area contributed by atoms with Gasteiger partial charge >= 0.3 is 0 Å². The third kappa shape index (κ3) is 4.70. The summed E-state index contributed by atoms with van der Waals surface area (Å²) in [6, 6.07) is 6.35. The maximum absolute atomic E-state index is 13.8. The molecule has 1 aromatic carbocycles. The Morgan fingerprint density at radius 3 is 2.80 bits per heavy atom. The minimum atomic E-state index is -0.888. The zero-order valence-electron chi connectivity index (χ0n) is 15.0. The van der Waals surface area contributed by atoms with Crippen LogP contribution in [0.4, 0.5) is 4.39 Å². The maximum Gasteiger partial charge on any atom is 0.193 e. The summed E-state index contributed by atoms with van der Waals surface area (Å²) >= 11 is 0. The van der Waals surface area contributed by atoms with E-state index < -0.39 is 6.10 Å². The molecule has 2 unspecified atom stereocenters. The van der Waals surface area contributed by atoms with Crippen LogP contribution in [-0.4, -0.2) is 67.2 Å². The lowest BCUT2D eigenvalue weighted by atomic mass is 10.1. The fourth-order valence-electron chi connectivity index (χ4n) is 3.88. The molecule has 6 heteroatoms. The highest BCUT2D eigenvalue weighted by Gasteiger charge is 2.27. The number of hydrogen-bond donors (Lipinski definition) is 2. The summed E-state index contributed by atoms with van der Waals surface area (Å²) in [7, 11) is 1.76. The Kier molecular flexibility index (Phi) is 6.26. The fourth-order valence-corrected chi connectivity index (χ4v) is 3.88. The molecule has 2 N–H and O–H groups in total. The molecule has 1 aromatic rings. The van der Waals surface area contributed by atoms with E-state index in [2.05, 4.69) is 20.1 Å². The standard InChI is InChI=1S/C19H29FN4O/c1-21-19(22-12-18(25)16-6-2-3-7-17(16)20)24-11-8-15(14-24)13-23-9-4-5-10-23/h2-3,6-7,15,18,25H,4-5,8-14H2,1H3,(H,21,22). The Bertz CT molecular complexity index is 589. The molecular formula is C19H29FN4O.